The summed E-state index contributed by atoms with van der Waals surface area (Å²) in [5.74, 6) is -0.801. The summed E-state index contributed by atoms with van der Waals surface area (Å²) >= 11 is 0. The number of carbonyl (C=O) groups excluding carboxylic acids is 1. The highest BCUT2D eigenvalue weighted by atomic mass is 32.2. The normalized spacial score (nSPS) is 11.9. The number of likely N-dealkylation sites (N-methyl/N-ethyl adjacent to an activating group) is 1. The first-order chi connectivity index (χ1) is 4.88. The molecule has 0 spiro atoms. The van der Waals surface area contributed by atoms with E-state index in [9.17, 15) is 13.2 Å². The van der Waals surface area contributed by atoms with Crippen LogP contribution in [0.1, 0.15) is 6.92 Å². The summed E-state index contributed by atoms with van der Waals surface area (Å²) in [6.07, 6.45) is 0. The van der Waals surface area contributed by atoms with Crippen LogP contribution in [0.2, 0.25) is 0 Å². The average molecular weight is 182 g/mol. The van der Waals surface area contributed by atoms with E-state index in [1.807, 2.05) is 0 Å². The number of primary amides is 1. The molecule has 1 amide bonds. The van der Waals surface area contributed by atoms with Gasteiger partial charge in [-0.05, 0) is 0 Å². The highest BCUT2D eigenvalue weighted by Crippen LogP contribution is 1.94. The number of nitrogens with zero attached hydrogens (tertiary/aromatic N) is 1. The van der Waals surface area contributed by atoms with Crippen molar-refractivity contribution < 1.29 is 17.8 Å². The molecule has 6 nitrogen and oxygen atoms in total. The molecule has 0 aliphatic carbocycles. The van der Waals surface area contributed by atoms with Gasteiger partial charge in [0.05, 0.1) is 6.54 Å². The fraction of sp³-hybridized carbons (Fsp3) is 0.750. The number of carbonyl (C=O) groups is 1. The SMILES string of the molecule is CCN(CC(N)=O)S(=O)(=O)O. The van der Waals surface area contributed by atoms with Gasteiger partial charge in [0.1, 0.15) is 0 Å². The van der Waals surface area contributed by atoms with Crippen LogP contribution in [0, 0.1) is 0 Å². The van der Waals surface area contributed by atoms with Crippen molar-refractivity contribution in [1.82, 2.24) is 4.31 Å². The van der Waals surface area contributed by atoms with Crippen molar-refractivity contribution >= 4 is 16.2 Å². The summed E-state index contributed by atoms with van der Waals surface area (Å²) in [4.78, 5) is 10.2. The molecule has 0 rings (SSSR count). The molecule has 0 aromatic heterocycles. The van der Waals surface area contributed by atoms with Gasteiger partial charge in [-0.1, -0.05) is 6.92 Å². The van der Waals surface area contributed by atoms with Crippen LogP contribution in [0.5, 0.6) is 0 Å². The van der Waals surface area contributed by atoms with Gasteiger partial charge in [-0.15, -0.1) is 0 Å². The van der Waals surface area contributed by atoms with E-state index in [2.05, 4.69) is 0 Å². The van der Waals surface area contributed by atoms with Crippen LogP contribution in [0.4, 0.5) is 0 Å². The third-order valence-electron chi connectivity index (χ3n) is 1.01. The number of rotatable bonds is 4. The van der Waals surface area contributed by atoms with Crippen molar-refractivity contribution in [3.05, 3.63) is 0 Å². The minimum absolute atomic E-state index is 0.0156. The summed E-state index contributed by atoms with van der Waals surface area (Å²) in [6.45, 7) is 1.01. The van der Waals surface area contributed by atoms with Gasteiger partial charge in [0, 0.05) is 6.54 Å². The van der Waals surface area contributed by atoms with E-state index in [-0.39, 0.29) is 6.54 Å². The molecule has 0 radical (unpaired) electrons. The fourth-order valence-corrected chi connectivity index (χ4v) is 1.15. The Balaban J connectivity index is 4.31. The van der Waals surface area contributed by atoms with E-state index in [0.717, 1.165) is 0 Å². The molecule has 0 aromatic carbocycles. The number of hydrogen-bond donors (Lipinski definition) is 2. The highest BCUT2D eigenvalue weighted by Gasteiger charge is 2.17. The maximum Gasteiger partial charge on any atom is 0.336 e. The predicted molar refractivity (Wildman–Crippen MR) is 38.0 cm³/mol. The third kappa shape index (κ3) is 3.91. The lowest BCUT2D eigenvalue weighted by atomic mass is 10.6. The zero-order valence-corrected chi connectivity index (χ0v) is 6.84. The van der Waals surface area contributed by atoms with Crippen LogP contribution in [-0.4, -0.2) is 36.3 Å². The molecule has 3 N–H and O–H groups in total. The Hall–Kier alpha value is -0.660. The van der Waals surface area contributed by atoms with E-state index >= 15 is 0 Å². The molecule has 0 unspecified atom stereocenters. The van der Waals surface area contributed by atoms with Crippen LogP contribution in [0.3, 0.4) is 0 Å². The van der Waals surface area contributed by atoms with E-state index in [4.69, 9.17) is 10.3 Å². The third-order valence-corrected chi connectivity index (χ3v) is 2.05. The summed E-state index contributed by atoms with van der Waals surface area (Å²) in [6, 6.07) is 0. The van der Waals surface area contributed by atoms with Gasteiger partial charge < -0.3 is 5.73 Å². The molecule has 0 atom stereocenters. The van der Waals surface area contributed by atoms with Crippen molar-refractivity contribution in [1.29, 1.82) is 0 Å². The van der Waals surface area contributed by atoms with Crippen molar-refractivity contribution in [2.75, 3.05) is 13.1 Å². The van der Waals surface area contributed by atoms with Gasteiger partial charge in [-0.2, -0.15) is 12.7 Å². The summed E-state index contributed by atoms with van der Waals surface area (Å²) < 4.78 is 29.7. The Morgan fingerprint density at radius 3 is 2.18 bits per heavy atom. The second-order valence-corrected chi connectivity index (χ2v) is 3.28. The molecule has 0 bridgehead atoms. The molecular formula is C4H10N2O4S. The molecule has 66 valence electrons. The number of nitrogens with two attached hydrogens (primary N) is 1. The average Bonchev–Trinajstić information content (AvgIpc) is 1.79. The van der Waals surface area contributed by atoms with Crippen LogP contribution in [0.25, 0.3) is 0 Å². The minimum atomic E-state index is -4.28. The number of amides is 1. The molecule has 0 heterocycles. The van der Waals surface area contributed by atoms with Gasteiger partial charge in [0.15, 0.2) is 0 Å². The smallest absolute Gasteiger partial charge is 0.336 e. The first-order valence-electron chi connectivity index (χ1n) is 2.88. The van der Waals surface area contributed by atoms with Crippen molar-refractivity contribution in [2.45, 2.75) is 6.92 Å². The van der Waals surface area contributed by atoms with Crippen LogP contribution < -0.4 is 5.73 Å². The molecule has 0 fully saturated rings. The topological polar surface area (TPSA) is 101 Å². The Morgan fingerprint density at radius 2 is 2.09 bits per heavy atom. The Morgan fingerprint density at radius 1 is 1.64 bits per heavy atom. The van der Waals surface area contributed by atoms with Crippen molar-refractivity contribution in [3.8, 4) is 0 Å². The van der Waals surface area contributed by atoms with Gasteiger partial charge >= 0.3 is 10.3 Å². The van der Waals surface area contributed by atoms with Crippen LogP contribution in [0.15, 0.2) is 0 Å². The van der Waals surface area contributed by atoms with Gasteiger partial charge in [0.25, 0.3) is 0 Å². The Labute approximate surface area is 64.9 Å². The van der Waals surface area contributed by atoms with E-state index < -0.39 is 22.8 Å². The monoisotopic (exact) mass is 182 g/mol. The second-order valence-electron chi connectivity index (χ2n) is 1.87. The lowest BCUT2D eigenvalue weighted by Crippen LogP contribution is -2.37. The summed E-state index contributed by atoms with van der Waals surface area (Å²) in [5.41, 5.74) is 4.71. The fourth-order valence-electron chi connectivity index (χ4n) is 0.530. The van der Waals surface area contributed by atoms with Crippen molar-refractivity contribution in [3.63, 3.8) is 0 Å². The molecular weight excluding hydrogens is 172 g/mol. The van der Waals surface area contributed by atoms with E-state index in [1.165, 1.54) is 6.92 Å². The lowest BCUT2D eigenvalue weighted by Gasteiger charge is -2.12. The summed E-state index contributed by atoms with van der Waals surface area (Å²) in [7, 11) is -4.28. The molecule has 0 aliphatic rings. The predicted octanol–water partition coefficient (Wildman–Crippen LogP) is -1.40. The Kier molecular flexibility index (Phi) is 3.43. The first-order valence-corrected chi connectivity index (χ1v) is 4.28. The second kappa shape index (κ2) is 3.65. The molecule has 0 saturated heterocycles. The quantitative estimate of drug-likeness (QED) is 0.522. The van der Waals surface area contributed by atoms with E-state index in [1.54, 1.807) is 0 Å². The Bertz CT molecular complexity index is 234. The zero-order valence-electron chi connectivity index (χ0n) is 6.02. The molecule has 0 saturated carbocycles. The zero-order chi connectivity index (χ0) is 9.07. The van der Waals surface area contributed by atoms with Gasteiger partial charge in [0.2, 0.25) is 5.91 Å². The molecule has 0 aromatic rings. The molecule has 0 aliphatic heterocycles. The van der Waals surface area contributed by atoms with E-state index in [0.29, 0.717) is 4.31 Å². The summed E-state index contributed by atoms with van der Waals surface area (Å²) in [5, 5.41) is 0. The minimum Gasteiger partial charge on any atom is -0.369 e. The van der Waals surface area contributed by atoms with Crippen LogP contribution in [-0.2, 0) is 15.1 Å². The molecule has 7 heteroatoms. The van der Waals surface area contributed by atoms with Crippen LogP contribution >= 0.6 is 0 Å². The van der Waals surface area contributed by atoms with Crippen molar-refractivity contribution in [2.24, 2.45) is 5.73 Å². The standard InChI is InChI=1S/C4H10N2O4S/c1-2-6(3-4(5)7)11(8,9)10/h2-3H2,1H3,(H2,5,7)(H,8,9,10). The lowest BCUT2D eigenvalue weighted by molar-refractivity contribution is -0.118. The highest BCUT2D eigenvalue weighted by molar-refractivity contribution is 7.83. The van der Waals surface area contributed by atoms with Gasteiger partial charge in [-0.3, -0.25) is 9.35 Å². The maximum absolute atomic E-state index is 10.4. The largest absolute Gasteiger partial charge is 0.369 e. The van der Waals surface area contributed by atoms with Gasteiger partial charge in [-0.25, -0.2) is 0 Å². The number of hydrogen-bond acceptors (Lipinski definition) is 3. The maximum atomic E-state index is 10.4. The first kappa shape index (κ1) is 10.3. The molecule has 11 heavy (non-hydrogen) atoms.